The molecule has 0 atom stereocenters. The predicted octanol–water partition coefficient (Wildman–Crippen LogP) is 3.87. The van der Waals surface area contributed by atoms with Gasteiger partial charge in [-0.1, -0.05) is 18.9 Å². The van der Waals surface area contributed by atoms with Crippen molar-refractivity contribution in [1.29, 1.82) is 0 Å². The van der Waals surface area contributed by atoms with Crippen LogP contribution in [0.5, 0.6) is 0 Å². The molecular formula is C18H24N2O2S. The number of anilines is 1. The lowest BCUT2D eigenvalue weighted by molar-refractivity contribution is 0.0526. The molecule has 0 heterocycles. The van der Waals surface area contributed by atoms with Crippen LogP contribution in [0.25, 0.3) is 0 Å². The summed E-state index contributed by atoms with van der Waals surface area (Å²) in [6.45, 7) is 2.18. The Morgan fingerprint density at radius 1 is 1.35 bits per heavy atom. The molecule has 5 heteroatoms. The maximum absolute atomic E-state index is 11.8. The second-order valence-corrected chi connectivity index (χ2v) is 6.93. The number of benzene rings is 1. The highest BCUT2D eigenvalue weighted by atomic mass is 32.1. The van der Waals surface area contributed by atoms with Gasteiger partial charge in [0, 0.05) is 11.2 Å². The number of thiocarbonyl (C=S) groups is 1. The van der Waals surface area contributed by atoms with Crippen LogP contribution in [-0.2, 0) is 4.74 Å². The Balaban J connectivity index is 1.63. The molecule has 3 rings (SSSR count). The zero-order chi connectivity index (χ0) is 16.3. The van der Waals surface area contributed by atoms with Crippen LogP contribution in [0, 0.1) is 5.92 Å². The Morgan fingerprint density at radius 2 is 2.09 bits per heavy atom. The number of carbonyl (C=O) groups is 1. The minimum Gasteiger partial charge on any atom is -0.462 e. The van der Waals surface area contributed by atoms with E-state index >= 15 is 0 Å². The van der Waals surface area contributed by atoms with Gasteiger partial charge in [0.15, 0.2) is 5.11 Å². The normalized spacial score (nSPS) is 19.2. The van der Waals surface area contributed by atoms with E-state index in [4.69, 9.17) is 17.0 Å². The lowest BCUT2D eigenvalue weighted by atomic mass is 9.91. The summed E-state index contributed by atoms with van der Waals surface area (Å²) < 4.78 is 5.04. The van der Waals surface area contributed by atoms with Gasteiger partial charge in [-0.05, 0) is 68.9 Å². The van der Waals surface area contributed by atoms with Gasteiger partial charge >= 0.3 is 5.97 Å². The van der Waals surface area contributed by atoms with Crippen LogP contribution in [0.3, 0.4) is 0 Å². The predicted molar refractivity (Wildman–Crippen MR) is 95.7 cm³/mol. The van der Waals surface area contributed by atoms with E-state index in [1.165, 1.54) is 38.5 Å². The molecule has 2 saturated carbocycles. The van der Waals surface area contributed by atoms with Crippen molar-refractivity contribution in [2.75, 3.05) is 11.9 Å². The van der Waals surface area contributed by atoms with E-state index < -0.39 is 0 Å². The highest BCUT2D eigenvalue weighted by Crippen LogP contribution is 2.48. The summed E-state index contributed by atoms with van der Waals surface area (Å²) in [7, 11) is 0. The van der Waals surface area contributed by atoms with Crippen molar-refractivity contribution in [3.05, 3.63) is 29.8 Å². The van der Waals surface area contributed by atoms with E-state index in [2.05, 4.69) is 10.6 Å². The smallest absolute Gasteiger partial charge is 0.338 e. The van der Waals surface area contributed by atoms with Gasteiger partial charge in [0.05, 0.1) is 12.2 Å². The van der Waals surface area contributed by atoms with Crippen molar-refractivity contribution in [3.63, 3.8) is 0 Å². The zero-order valence-electron chi connectivity index (χ0n) is 13.6. The molecule has 1 aromatic rings. The van der Waals surface area contributed by atoms with Gasteiger partial charge < -0.3 is 15.4 Å². The van der Waals surface area contributed by atoms with Crippen LogP contribution in [0.1, 0.15) is 55.8 Å². The molecule has 0 radical (unpaired) electrons. The van der Waals surface area contributed by atoms with Crippen LogP contribution >= 0.6 is 12.2 Å². The molecule has 124 valence electrons. The van der Waals surface area contributed by atoms with Gasteiger partial charge in [0.1, 0.15) is 0 Å². The maximum Gasteiger partial charge on any atom is 0.338 e. The van der Waals surface area contributed by atoms with Gasteiger partial charge in [0.2, 0.25) is 0 Å². The largest absolute Gasteiger partial charge is 0.462 e. The van der Waals surface area contributed by atoms with Gasteiger partial charge in [-0.15, -0.1) is 0 Å². The molecule has 0 aliphatic heterocycles. The Bertz CT molecular complexity index is 592. The van der Waals surface area contributed by atoms with E-state index in [0.29, 0.717) is 17.3 Å². The number of nitrogens with one attached hydrogen (secondary N) is 2. The number of ether oxygens (including phenoxy) is 1. The topological polar surface area (TPSA) is 50.4 Å². The molecule has 0 bridgehead atoms. The fraction of sp³-hybridized carbons (Fsp3) is 0.556. The number of hydrogen-bond acceptors (Lipinski definition) is 3. The molecule has 2 fully saturated rings. The number of rotatable bonds is 5. The third-order valence-corrected chi connectivity index (χ3v) is 5.05. The first-order valence-corrected chi connectivity index (χ1v) is 8.90. The number of carbonyl (C=O) groups excluding carboxylic acids is 1. The van der Waals surface area contributed by atoms with Gasteiger partial charge in [-0.2, -0.15) is 0 Å². The minimum atomic E-state index is -0.305. The van der Waals surface area contributed by atoms with E-state index in [-0.39, 0.29) is 11.5 Å². The zero-order valence-corrected chi connectivity index (χ0v) is 14.4. The first-order valence-electron chi connectivity index (χ1n) is 8.49. The monoisotopic (exact) mass is 332 g/mol. The summed E-state index contributed by atoms with van der Waals surface area (Å²) >= 11 is 5.51. The Hall–Kier alpha value is -1.62. The SMILES string of the molecule is CCOC(=O)c1cccc(NC(=S)NC2(C3CC3)CCCC2)c1. The number of esters is 1. The molecule has 0 spiro atoms. The molecule has 0 saturated heterocycles. The molecule has 1 aromatic carbocycles. The average Bonchev–Trinajstić information content (AvgIpc) is 3.29. The molecule has 0 amide bonds. The second-order valence-electron chi connectivity index (χ2n) is 6.52. The lowest BCUT2D eigenvalue weighted by Gasteiger charge is -2.32. The van der Waals surface area contributed by atoms with Gasteiger partial charge in [-0.25, -0.2) is 4.79 Å². The van der Waals surface area contributed by atoms with E-state index in [1.807, 2.05) is 12.1 Å². The fourth-order valence-electron chi connectivity index (χ4n) is 3.60. The fourth-order valence-corrected chi connectivity index (χ4v) is 3.93. The second kappa shape index (κ2) is 6.87. The highest BCUT2D eigenvalue weighted by molar-refractivity contribution is 7.80. The van der Waals surface area contributed by atoms with Crippen LogP contribution in [0.4, 0.5) is 5.69 Å². The van der Waals surface area contributed by atoms with Crippen molar-refractivity contribution in [2.45, 2.75) is 51.0 Å². The van der Waals surface area contributed by atoms with Crippen molar-refractivity contribution in [1.82, 2.24) is 5.32 Å². The first kappa shape index (κ1) is 16.2. The quantitative estimate of drug-likeness (QED) is 0.633. The molecular weight excluding hydrogens is 308 g/mol. The van der Waals surface area contributed by atoms with Gasteiger partial charge in [-0.3, -0.25) is 0 Å². The third-order valence-electron chi connectivity index (χ3n) is 4.85. The van der Waals surface area contributed by atoms with Crippen LogP contribution in [0.15, 0.2) is 24.3 Å². The molecule has 2 aliphatic carbocycles. The van der Waals surface area contributed by atoms with Crippen molar-refractivity contribution >= 4 is 29.0 Å². The summed E-state index contributed by atoms with van der Waals surface area (Å²) in [6.07, 6.45) is 7.61. The average molecular weight is 332 g/mol. The lowest BCUT2D eigenvalue weighted by Crippen LogP contribution is -2.49. The molecule has 2 N–H and O–H groups in total. The van der Waals surface area contributed by atoms with E-state index in [1.54, 1.807) is 19.1 Å². The van der Waals surface area contributed by atoms with Crippen LogP contribution in [-0.4, -0.2) is 23.2 Å². The molecule has 4 nitrogen and oxygen atoms in total. The summed E-state index contributed by atoms with van der Waals surface area (Å²) in [5.74, 6) is 0.468. The van der Waals surface area contributed by atoms with Crippen molar-refractivity contribution < 1.29 is 9.53 Å². The molecule has 0 unspecified atom stereocenters. The first-order chi connectivity index (χ1) is 11.1. The highest BCUT2D eigenvalue weighted by Gasteiger charge is 2.47. The molecule has 23 heavy (non-hydrogen) atoms. The van der Waals surface area contributed by atoms with Crippen LogP contribution in [0.2, 0.25) is 0 Å². The Kier molecular flexibility index (Phi) is 4.85. The summed E-state index contributed by atoms with van der Waals surface area (Å²) in [4.78, 5) is 11.8. The number of hydrogen-bond donors (Lipinski definition) is 2. The van der Waals surface area contributed by atoms with E-state index in [9.17, 15) is 4.79 Å². The Labute approximate surface area is 143 Å². The van der Waals surface area contributed by atoms with Crippen LogP contribution < -0.4 is 10.6 Å². The summed E-state index contributed by atoms with van der Waals surface area (Å²) in [5.41, 5.74) is 1.55. The van der Waals surface area contributed by atoms with Crippen molar-refractivity contribution in [2.24, 2.45) is 5.92 Å². The summed E-state index contributed by atoms with van der Waals surface area (Å²) in [5, 5.41) is 7.46. The Morgan fingerprint density at radius 3 is 2.74 bits per heavy atom. The molecule has 2 aliphatic rings. The standard InChI is InChI=1S/C18H24N2O2S/c1-2-22-16(21)13-6-5-7-15(12-13)19-17(23)20-18(14-8-9-14)10-3-4-11-18/h5-7,12,14H,2-4,8-11H2,1H3,(H2,19,20,23). The maximum atomic E-state index is 11.8. The molecule has 0 aromatic heterocycles. The van der Waals surface area contributed by atoms with Crippen molar-refractivity contribution in [3.8, 4) is 0 Å². The summed E-state index contributed by atoms with van der Waals surface area (Å²) in [6, 6.07) is 7.28. The van der Waals surface area contributed by atoms with Gasteiger partial charge in [0.25, 0.3) is 0 Å². The third kappa shape index (κ3) is 3.83. The minimum absolute atomic E-state index is 0.197. The van der Waals surface area contributed by atoms with E-state index in [0.717, 1.165) is 11.6 Å².